The Bertz CT molecular complexity index is 1280. The Morgan fingerprint density at radius 1 is 1.13 bits per heavy atom. The molecule has 1 N–H and O–H groups in total. The van der Waals surface area contributed by atoms with Gasteiger partial charge in [0.1, 0.15) is 0 Å². The van der Waals surface area contributed by atoms with Crippen molar-refractivity contribution in [3.05, 3.63) is 52.0 Å². The normalized spacial score (nSPS) is 21.0. The van der Waals surface area contributed by atoms with Gasteiger partial charge in [-0.05, 0) is 55.9 Å². The van der Waals surface area contributed by atoms with Crippen molar-refractivity contribution in [2.24, 2.45) is 12.5 Å². The van der Waals surface area contributed by atoms with Gasteiger partial charge in [0.05, 0.1) is 5.25 Å². The van der Waals surface area contributed by atoms with E-state index < -0.39 is 10.0 Å². The van der Waals surface area contributed by atoms with Crippen LogP contribution in [0.25, 0.3) is 17.2 Å². The van der Waals surface area contributed by atoms with Crippen molar-refractivity contribution in [3.8, 4) is 11.1 Å². The fraction of sp³-hybridized carbons (Fsp3) is 0.458. The molecule has 3 aliphatic carbocycles. The first-order chi connectivity index (χ1) is 14.9. The highest BCUT2D eigenvalue weighted by molar-refractivity contribution is 7.93. The van der Waals surface area contributed by atoms with E-state index in [9.17, 15) is 13.2 Å². The molecule has 2 heterocycles. The lowest BCUT2D eigenvalue weighted by Crippen LogP contribution is -2.60. The first-order valence-electron chi connectivity index (χ1n) is 11.2. The number of aryl methyl sites for hydroxylation is 1. The van der Waals surface area contributed by atoms with Crippen LogP contribution in [0.1, 0.15) is 43.2 Å². The van der Waals surface area contributed by atoms with E-state index in [0.29, 0.717) is 17.5 Å². The van der Waals surface area contributed by atoms with Gasteiger partial charge in [-0.2, -0.15) is 0 Å². The van der Waals surface area contributed by atoms with E-state index in [1.165, 1.54) is 19.3 Å². The molecule has 1 aliphatic heterocycles. The van der Waals surface area contributed by atoms with Crippen LogP contribution in [0.3, 0.4) is 0 Å². The second-order valence-corrected chi connectivity index (χ2v) is 11.7. The molecule has 2 aromatic rings. The van der Waals surface area contributed by atoms with Crippen LogP contribution in [0.2, 0.25) is 0 Å². The van der Waals surface area contributed by atoms with E-state index in [4.69, 9.17) is 0 Å². The SMILES string of the molecule is Cn1cc(-c2cc(NS(=O)(=O)C3CC3)ccc2N2CC3(CCC3)C2)c2c(c1=O)CC=C2. The summed E-state index contributed by atoms with van der Waals surface area (Å²) in [6.45, 7) is 2.11. The third-order valence-electron chi connectivity index (χ3n) is 7.44. The standard InChI is InChI=1S/C24H27N3O3S/c1-26-13-21(18-4-2-5-19(18)23(26)28)20-12-16(25-31(29,30)17-7-8-17)6-9-22(20)27-14-24(15-27)10-3-11-24/h2,4,6,9,12-13,17,25H,3,5,7-8,10-11,14-15H2,1H3. The quantitative estimate of drug-likeness (QED) is 0.777. The number of sulfonamides is 1. The summed E-state index contributed by atoms with van der Waals surface area (Å²) in [6.07, 6.45) is 12.0. The zero-order valence-corrected chi connectivity index (χ0v) is 18.5. The van der Waals surface area contributed by atoms with Crippen molar-refractivity contribution in [1.82, 2.24) is 4.57 Å². The van der Waals surface area contributed by atoms with E-state index in [2.05, 4.69) is 9.62 Å². The van der Waals surface area contributed by atoms with Gasteiger partial charge in [0.2, 0.25) is 10.0 Å². The molecular formula is C24H27N3O3S. The Hall–Kier alpha value is -2.54. The molecule has 0 atom stereocenters. The van der Waals surface area contributed by atoms with Crippen molar-refractivity contribution in [1.29, 1.82) is 0 Å². The topological polar surface area (TPSA) is 71.4 Å². The number of hydrogen-bond acceptors (Lipinski definition) is 4. The maximum Gasteiger partial charge on any atom is 0.254 e. The van der Waals surface area contributed by atoms with Gasteiger partial charge in [0, 0.05) is 59.8 Å². The first-order valence-corrected chi connectivity index (χ1v) is 12.7. The number of pyridine rings is 1. The monoisotopic (exact) mass is 437 g/mol. The molecule has 4 aliphatic rings. The Labute approximate surface area is 182 Å². The average Bonchev–Trinajstić information content (AvgIpc) is 3.42. The number of anilines is 2. The number of nitrogens with one attached hydrogen (secondary N) is 1. The molecule has 6 rings (SSSR count). The fourth-order valence-corrected chi connectivity index (χ4v) is 6.73. The molecular weight excluding hydrogens is 410 g/mol. The predicted octanol–water partition coefficient (Wildman–Crippen LogP) is 3.52. The van der Waals surface area contributed by atoms with Gasteiger partial charge in [-0.3, -0.25) is 9.52 Å². The second kappa shape index (κ2) is 6.48. The summed E-state index contributed by atoms with van der Waals surface area (Å²) < 4.78 is 29.5. The molecule has 0 unspecified atom stereocenters. The highest BCUT2D eigenvalue weighted by atomic mass is 32.2. The number of allylic oxidation sites excluding steroid dienone is 1. The zero-order valence-electron chi connectivity index (χ0n) is 17.7. The van der Waals surface area contributed by atoms with Crippen molar-refractivity contribution in [2.45, 2.75) is 43.8 Å². The number of nitrogens with zero attached hydrogens (tertiary/aromatic N) is 2. The van der Waals surface area contributed by atoms with E-state index in [1.54, 1.807) is 11.6 Å². The van der Waals surface area contributed by atoms with Gasteiger partial charge in [0.15, 0.2) is 0 Å². The first kappa shape index (κ1) is 19.2. The smallest absolute Gasteiger partial charge is 0.254 e. The van der Waals surface area contributed by atoms with Crippen molar-refractivity contribution in [2.75, 3.05) is 22.7 Å². The summed E-state index contributed by atoms with van der Waals surface area (Å²) in [5.41, 5.74) is 5.98. The molecule has 1 saturated heterocycles. The predicted molar refractivity (Wildman–Crippen MR) is 124 cm³/mol. The lowest BCUT2D eigenvalue weighted by atomic mass is 9.63. The minimum atomic E-state index is -3.34. The number of hydrogen-bond donors (Lipinski definition) is 1. The summed E-state index contributed by atoms with van der Waals surface area (Å²) in [5.74, 6) is 0. The van der Waals surface area contributed by atoms with Crippen molar-refractivity contribution in [3.63, 3.8) is 0 Å². The van der Waals surface area contributed by atoms with Gasteiger partial charge in [0.25, 0.3) is 5.56 Å². The summed E-state index contributed by atoms with van der Waals surface area (Å²) in [4.78, 5) is 15.0. The van der Waals surface area contributed by atoms with Crippen LogP contribution in [-0.4, -0.2) is 31.3 Å². The van der Waals surface area contributed by atoms with Crippen LogP contribution in [0.4, 0.5) is 11.4 Å². The minimum Gasteiger partial charge on any atom is -0.370 e. The summed E-state index contributed by atoms with van der Waals surface area (Å²) in [7, 11) is -1.55. The molecule has 31 heavy (non-hydrogen) atoms. The number of rotatable bonds is 5. The Morgan fingerprint density at radius 3 is 2.58 bits per heavy atom. The maximum atomic E-state index is 12.6. The van der Waals surface area contributed by atoms with Crippen molar-refractivity contribution >= 4 is 27.5 Å². The molecule has 1 aromatic heterocycles. The van der Waals surface area contributed by atoms with Gasteiger partial charge in [-0.15, -0.1) is 0 Å². The minimum absolute atomic E-state index is 0.0354. The molecule has 0 bridgehead atoms. The Kier molecular flexibility index (Phi) is 4.01. The highest BCUT2D eigenvalue weighted by Gasteiger charge is 2.47. The van der Waals surface area contributed by atoms with Crippen LogP contribution in [0, 0.1) is 5.41 Å². The number of benzene rings is 1. The van der Waals surface area contributed by atoms with E-state index in [1.807, 2.05) is 36.5 Å². The zero-order chi connectivity index (χ0) is 21.4. The fourth-order valence-electron chi connectivity index (χ4n) is 5.35. The average molecular weight is 438 g/mol. The van der Waals surface area contributed by atoms with Crippen LogP contribution >= 0.6 is 0 Å². The van der Waals surface area contributed by atoms with Crippen molar-refractivity contribution < 1.29 is 8.42 Å². The molecule has 7 heteroatoms. The largest absolute Gasteiger partial charge is 0.370 e. The molecule has 1 aromatic carbocycles. The summed E-state index contributed by atoms with van der Waals surface area (Å²) in [6, 6.07) is 5.87. The van der Waals surface area contributed by atoms with E-state index in [0.717, 1.165) is 53.9 Å². The lowest BCUT2D eigenvalue weighted by molar-refractivity contribution is 0.0905. The molecule has 0 radical (unpaired) electrons. The van der Waals surface area contributed by atoms with Gasteiger partial charge >= 0.3 is 0 Å². The highest BCUT2D eigenvalue weighted by Crippen LogP contribution is 2.51. The van der Waals surface area contributed by atoms with Crippen LogP contribution in [0.15, 0.2) is 35.3 Å². The van der Waals surface area contributed by atoms with Crippen LogP contribution in [0.5, 0.6) is 0 Å². The molecule has 3 fully saturated rings. The van der Waals surface area contributed by atoms with Gasteiger partial charge < -0.3 is 9.47 Å². The third-order valence-corrected chi connectivity index (χ3v) is 9.31. The van der Waals surface area contributed by atoms with E-state index >= 15 is 0 Å². The van der Waals surface area contributed by atoms with Crippen LogP contribution in [-0.2, 0) is 23.5 Å². The maximum absolute atomic E-state index is 12.6. The molecule has 6 nitrogen and oxygen atoms in total. The molecule has 1 spiro atoms. The summed E-state index contributed by atoms with van der Waals surface area (Å²) >= 11 is 0. The lowest BCUT2D eigenvalue weighted by Gasteiger charge is -2.57. The van der Waals surface area contributed by atoms with Gasteiger partial charge in [-0.25, -0.2) is 8.42 Å². The molecule has 2 saturated carbocycles. The Balaban J connectivity index is 1.46. The molecule has 0 amide bonds. The second-order valence-electron chi connectivity index (χ2n) is 9.75. The van der Waals surface area contributed by atoms with Gasteiger partial charge in [-0.1, -0.05) is 18.6 Å². The number of fused-ring (bicyclic) bond motifs is 1. The molecule has 162 valence electrons. The van der Waals surface area contributed by atoms with E-state index in [-0.39, 0.29) is 10.8 Å². The third kappa shape index (κ3) is 3.04. The van der Waals surface area contributed by atoms with Crippen LogP contribution < -0.4 is 15.2 Å². The number of aromatic nitrogens is 1. The Morgan fingerprint density at radius 2 is 1.90 bits per heavy atom. The summed E-state index contributed by atoms with van der Waals surface area (Å²) in [5, 5.41) is -0.269.